The van der Waals surface area contributed by atoms with Gasteiger partial charge in [-0.2, -0.15) is 0 Å². The van der Waals surface area contributed by atoms with E-state index in [0.717, 1.165) is 50.3 Å². The van der Waals surface area contributed by atoms with Crippen molar-refractivity contribution in [2.24, 2.45) is 7.05 Å². The molecule has 0 saturated heterocycles. The van der Waals surface area contributed by atoms with Crippen molar-refractivity contribution in [3.8, 4) is 28.4 Å². The Morgan fingerprint density at radius 3 is 2.25 bits per heavy atom. The van der Waals surface area contributed by atoms with Crippen molar-refractivity contribution in [2.75, 3.05) is 7.11 Å². The maximum Gasteiger partial charge on any atom is 0.141 e. The first-order valence-electron chi connectivity index (χ1n) is 9.20. The molecule has 0 bridgehead atoms. The summed E-state index contributed by atoms with van der Waals surface area (Å²) in [5, 5.41) is 1.10. The van der Waals surface area contributed by atoms with Gasteiger partial charge in [0, 0.05) is 23.6 Å². The number of pyridine rings is 1. The number of ether oxygens (including phenoxy) is 1. The number of imidazole rings is 1. The van der Waals surface area contributed by atoms with Crippen molar-refractivity contribution in [2.45, 2.75) is 0 Å². The van der Waals surface area contributed by atoms with E-state index in [1.54, 1.807) is 7.11 Å². The molecule has 2 aromatic heterocycles. The number of hydrogen-bond donors (Lipinski definition) is 0. The number of rotatable bonds is 3. The molecule has 28 heavy (non-hydrogen) atoms. The largest absolute Gasteiger partial charge is 0.497 e. The van der Waals surface area contributed by atoms with Crippen LogP contribution in [0.1, 0.15) is 0 Å². The highest BCUT2D eigenvalue weighted by Crippen LogP contribution is 2.33. The van der Waals surface area contributed by atoms with Crippen molar-refractivity contribution < 1.29 is 4.74 Å². The number of para-hydroxylation sites is 3. The molecule has 4 nitrogen and oxygen atoms in total. The molecule has 2 heterocycles. The fourth-order valence-electron chi connectivity index (χ4n) is 3.66. The zero-order chi connectivity index (χ0) is 19.1. The van der Waals surface area contributed by atoms with Crippen LogP contribution in [0.4, 0.5) is 0 Å². The van der Waals surface area contributed by atoms with Crippen molar-refractivity contribution in [3.05, 3.63) is 78.9 Å². The highest BCUT2D eigenvalue weighted by atomic mass is 16.5. The zero-order valence-electron chi connectivity index (χ0n) is 15.8. The lowest BCUT2D eigenvalue weighted by atomic mass is 10.0. The van der Waals surface area contributed by atoms with Crippen LogP contribution in [0.2, 0.25) is 0 Å². The molecule has 4 heteroatoms. The summed E-state index contributed by atoms with van der Waals surface area (Å²) < 4.78 is 7.43. The van der Waals surface area contributed by atoms with Gasteiger partial charge < -0.3 is 9.30 Å². The van der Waals surface area contributed by atoms with Crippen LogP contribution in [-0.4, -0.2) is 21.6 Å². The molecule has 136 valence electrons. The second kappa shape index (κ2) is 6.50. The molecule has 0 aliphatic carbocycles. The molecule has 0 aliphatic rings. The van der Waals surface area contributed by atoms with Crippen molar-refractivity contribution in [1.82, 2.24) is 14.5 Å². The fraction of sp³-hybridized carbons (Fsp3) is 0.0833. The van der Waals surface area contributed by atoms with Gasteiger partial charge in [-0.25, -0.2) is 9.97 Å². The summed E-state index contributed by atoms with van der Waals surface area (Å²) in [5.74, 6) is 1.77. The second-order valence-electron chi connectivity index (χ2n) is 6.78. The lowest BCUT2D eigenvalue weighted by Crippen LogP contribution is -1.96. The second-order valence-corrected chi connectivity index (χ2v) is 6.78. The topological polar surface area (TPSA) is 39.9 Å². The van der Waals surface area contributed by atoms with E-state index in [1.807, 2.05) is 54.6 Å². The number of benzene rings is 3. The van der Waals surface area contributed by atoms with Gasteiger partial charge in [0.1, 0.15) is 11.6 Å². The number of hydrogen-bond acceptors (Lipinski definition) is 3. The summed E-state index contributed by atoms with van der Waals surface area (Å²) >= 11 is 0. The number of nitrogens with zero attached hydrogens (tertiary/aromatic N) is 3. The highest BCUT2D eigenvalue weighted by Gasteiger charge is 2.15. The van der Waals surface area contributed by atoms with Gasteiger partial charge >= 0.3 is 0 Å². The van der Waals surface area contributed by atoms with Gasteiger partial charge in [0.05, 0.1) is 29.4 Å². The van der Waals surface area contributed by atoms with E-state index in [0.29, 0.717) is 0 Å². The quantitative estimate of drug-likeness (QED) is 0.426. The van der Waals surface area contributed by atoms with Crippen LogP contribution in [0.3, 0.4) is 0 Å². The predicted molar refractivity (Wildman–Crippen MR) is 113 cm³/mol. The summed E-state index contributed by atoms with van der Waals surface area (Å²) in [6, 6.07) is 26.6. The van der Waals surface area contributed by atoms with E-state index in [4.69, 9.17) is 14.7 Å². The van der Waals surface area contributed by atoms with E-state index in [1.165, 1.54) is 0 Å². The maximum atomic E-state index is 5.28. The molecule has 5 aromatic rings. The predicted octanol–water partition coefficient (Wildman–Crippen LogP) is 5.46. The average molecular weight is 365 g/mol. The van der Waals surface area contributed by atoms with Gasteiger partial charge in [0.15, 0.2) is 0 Å². The van der Waals surface area contributed by atoms with Crippen molar-refractivity contribution >= 4 is 21.9 Å². The molecule has 0 N–H and O–H groups in total. The molecular weight excluding hydrogens is 346 g/mol. The van der Waals surface area contributed by atoms with Crippen LogP contribution < -0.4 is 4.74 Å². The van der Waals surface area contributed by atoms with Crippen molar-refractivity contribution in [3.63, 3.8) is 0 Å². The molecule has 0 spiro atoms. The van der Waals surface area contributed by atoms with Gasteiger partial charge in [0.25, 0.3) is 0 Å². The Labute approximate surface area is 163 Å². The Morgan fingerprint density at radius 1 is 0.786 bits per heavy atom. The first-order chi connectivity index (χ1) is 13.7. The molecule has 0 fully saturated rings. The fourth-order valence-corrected chi connectivity index (χ4v) is 3.66. The SMILES string of the molecule is COc1ccc(-c2cc(-c3nc4ccccc4n3C)c3ccccc3n2)cc1. The van der Waals surface area contributed by atoms with Crippen LogP contribution in [-0.2, 0) is 7.05 Å². The third-order valence-corrected chi connectivity index (χ3v) is 5.13. The van der Waals surface area contributed by atoms with Gasteiger partial charge in [-0.1, -0.05) is 30.3 Å². The Kier molecular flexibility index (Phi) is 3.83. The third kappa shape index (κ3) is 2.62. The molecule has 0 radical (unpaired) electrons. The summed E-state index contributed by atoms with van der Waals surface area (Å²) in [4.78, 5) is 9.80. The molecule has 0 unspecified atom stereocenters. The van der Waals surface area contributed by atoms with Crippen LogP contribution >= 0.6 is 0 Å². The van der Waals surface area contributed by atoms with Crippen LogP contribution in [0, 0.1) is 0 Å². The van der Waals surface area contributed by atoms with E-state index >= 15 is 0 Å². The van der Waals surface area contributed by atoms with Crippen LogP contribution in [0.25, 0.3) is 44.6 Å². The normalized spacial score (nSPS) is 11.2. The molecule has 0 aliphatic heterocycles. The van der Waals surface area contributed by atoms with Crippen LogP contribution in [0.15, 0.2) is 78.9 Å². The minimum absolute atomic E-state index is 0.833. The Morgan fingerprint density at radius 2 is 1.50 bits per heavy atom. The Bertz CT molecular complexity index is 1300. The average Bonchev–Trinajstić information content (AvgIpc) is 3.09. The molecule has 0 atom stereocenters. The minimum Gasteiger partial charge on any atom is -0.497 e. The summed E-state index contributed by atoms with van der Waals surface area (Å²) in [7, 11) is 3.74. The minimum atomic E-state index is 0.833. The third-order valence-electron chi connectivity index (χ3n) is 5.13. The summed E-state index contributed by atoms with van der Waals surface area (Å²) in [6.07, 6.45) is 0. The molecule has 3 aromatic carbocycles. The summed E-state index contributed by atoms with van der Waals surface area (Å²) in [6.45, 7) is 0. The van der Waals surface area contributed by atoms with Gasteiger partial charge in [-0.15, -0.1) is 0 Å². The zero-order valence-corrected chi connectivity index (χ0v) is 15.8. The lowest BCUT2D eigenvalue weighted by Gasteiger charge is -2.11. The monoisotopic (exact) mass is 365 g/mol. The first kappa shape index (κ1) is 16.5. The van der Waals surface area contributed by atoms with Crippen LogP contribution in [0.5, 0.6) is 5.75 Å². The van der Waals surface area contributed by atoms with E-state index < -0.39 is 0 Å². The first-order valence-corrected chi connectivity index (χ1v) is 9.20. The Hall–Kier alpha value is -3.66. The number of aryl methyl sites for hydroxylation is 1. The Balaban J connectivity index is 1.78. The van der Waals surface area contributed by atoms with E-state index in [9.17, 15) is 0 Å². The lowest BCUT2D eigenvalue weighted by molar-refractivity contribution is 0.415. The maximum absolute atomic E-state index is 5.28. The molecule has 5 rings (SSSR count). The molecule has 0 saturated carbocycles. The number of methoxy groups -OCH3 is 1. The van der Waals surface area contributed by atoms with Gasteiger partial charge in [-0.3, -0.25) is 0 Å². The van der Waals surface area contributed by atoms with E-state index in [-0.39, 0.29) is 0 Å². The van der Waals surface area contributed by atoms with Gasteiger partial charge in [-0.05, 0) is 48.5 Å². The highest BCUT2D eigenvalue weighted by molar-refractivity contribution is 5.97. The van der Waals surface area contributed by atoms with Crippen molar-refractivity contribution in [1.29, 1.82) is 0 Å². The summed E-state index contributed by atoms with van der Waals surface area (Å²) in [5.41, 5.74) is 6.11. The van der Waals surface area contributed by atoms with Gasteiger partial charge in [0.2, 0.25) is 0 Å². The number of aromatic nitrogens is 3. The molecular formula is C24H19N3O. The molecule has 0 amide bonds. The van der Waals surface area contributed by atoms with E-state index in [2.05, 4.69) is 35.9 Å². The standard InChI is InChI=1S/C24H19N3O/c1-27-23-10-6-5-9-21(23)26-24(27)19-15-22(16-11-13-17(28-2)14-12-16)25-20-8-4-3-7-18(19)20/h3-15H,1-2H3. The smallest absolute Gasteiger partial charge is 0.141 e. The number of fused-ring (bicyclic) bond motifs is 2.